The maximum atomic E-state index is 10.3. The smallest absolute Gasteiger partial charge is 0.283 e. The number of rotatable bonds is 2. The van der Waals surface area contributed by atoms with Gasteiger partial charge in [-0.05, 0) is 6.92 Å². The molecule has 5 nitrogen and oxygen atoms in total. The maximum absolute atomic E-state index is 10.3. The van der Waals surface area contributed by atoms with E-state index in [1.54, 1.807) is 0 Å². The van der Waals surface area contributed by atoms with Crippen LogP contribution in [-0.4, -0.2) is 10.9 Å². The largest absolute Gasteiger partial charge is 0.544 e. The van der Waals surface area contributed by atoms with Crippen LogP contribution < -0.4 is 5.11 Å². The minimum Gasteiger partial charge on any atom is -0.544 e. The van der Waals surface area contributed by atoms with E-state index in [4.69, 9.17) is 0 Å². The molecule has 0 spiro atoms. The van der Waals surface area contributed by atoms with Crippen molar-refractivity contribution >= 4 is 23.0 Å². The summed E-state index contributed by atoms with van der Waals surface area (Å²) in [6.07, 6.45) is 0. The molecule has 0 aliphatic carbocycles. The van der Waals surface area contributed by atoms with Gasteiger partial charge in [0.1, 0.15) is 0 Å². The number of aromatic carboxylic acids is 1. The van der Waals surface area contributed by atoms with Gasteiger partial charge in [0.25, 0.3) is 5.69 Å². The summed E-state index contributed by atoms with van der Waals surface area (Å²) in [6.45, 7) is 1.50. The van der Waals surface area contributed by atoms with E-state index in [-0.39, 0.29) is 10.6 Å². The molecule has 0 aliphatic heterocycles. The lowest BCUT2D eigenvalue weighted by Gasteiger charge is -1.91. The fourth-order valence-electron chi connectivity index (χ4n) is 0.754. The Morgan fingerprint density at radius 2 is 2.25 bits per heavy atom. The Balaban J connectivity index is 3.17. The van der Waals surface area contributed by atoms with Crippen LogP contribution in [0.3, 0.4) is 0 Å². The first-order valence-corrected chi connectivity index (χ1v) is 3.80. The van der Waals surface area contributed by atoms with Crippen LogP contribution in [0, 0.1) is 17.0 Å². The Bertz CT molecular complexity index is 343. The van der Waals surface area contributed by atoms with Gasteiger partial charge >= 0.3 is 0 Å². The molecular formula is C6H4NO4S-. The summed E-state index contributed by atoms with van der Waals surface area (Å²) in [7, 11) is 0. The molecule has 0 saturated heterocycles. The zero-order valence-corrected chi connectivity index (χ0v) is 6.88. The first kappa shape index (κ1) is 8.66. The van der Waals surface area contributed by atoms with Gasteiger partial charge in [0.05, 0.1) is 20.6 Å². The standard InChI is InChI=1S/C6H5NO4S/c1-3-4(7(10)11)2-5(12-3)6(8)9/h2H,1H3,(H,8,9)/p-1. The van der Waals surface area contributed by atoms with Crippen LogP contribution >= 0.6 is 11.3 Å². The Morgan fingerprint density at radius 3 is 2.50 bits per heavy atom. The quantitative estimate of drug-likeness (QED) is 0.492. The molecule has 0 atom stereocenters. The van der Waals surface area contributed by atoms with E-state index in [0.29, 0.717) is 4.88 Å². The number of carbonyl (C=O) groups excluding carboxylic acids is 1. The molecular weight excluding hydrogens is 182 g/mol. The average Bonchev–Trinajstić information content (AvgIpc) is 2.30. The highest BCUT2D eigenvalue weighted by molar-refractivity contribution is 7.14. The number of hydrogen-bond donors (Lipinski definition) is 0. The predicted octanol–water partition coefficient (Wildman–Crippen LogP) is 0.328. The first-order chi connectivity index (χ1) is 5.52. The molecule has 1 rings (SSSR count). The number of carboxylic acid groups (broad SMARTS) is 1. The minimum atomic E-state index is -1.38. The van der Waals surface area contributed by atoms with Crippen molar-refractivity contribution in [2.45, 2.75) is 6.92 Å². The number of nitro groups is 1. The summed E-state index contributed by atoms with van der Waals surface area (Å²) in [4.78, 5) is 20.2. The van der Waals surface area contributed by atoms with E-state index in [1.165, 1.54) is 6.92 Å². The van der Waals surface area contributed by atoms with Crippen molar-refractivity contribution in [1.29, 1.82) is 0 Å². The van der Waals surface area contributed by atoms with Crippen molar-refractivity contribution in [1.82, 2.24) is 0 Å². The molecule has 1 aromatic heterocycles. The van der Waals surface area contributed by atoms with Crippen molar-refractivity contribution in [2.75, 3.05) is 0 Å². The third-order valence-corrected chi connectivity index (χ3v) is 2.31. The lowest BCUT2D eigenvalue weighted by Crippen LogP contribution is -2.20. The molecule has 1 aromatic rings. The Labute approximate surface area is 71.4 Å². The molecule has 1 heterocycles. The highest BCUT2D eigenvalue weighted by Crippen LogP contribution is 2.27. The number of nitrogens with zero attached hydrogens (tertiary/aromatic N) is 1. The number of aryl methyl sites for hydroxylation is 1. The second kappa shape index (κ2) is 2.90. The van der Waals surface area contributed by atoms with Gasteiger partial charge in [-0.1, -0.05) is 0 Å². The van der Waals surface area contributed by atoms with Crippen molar-refractivity contribution < 1.29 is 14.8 Å². The Hall–Kier alpha value is -1.43. The third-order valence-electron chi connectivity index (χ3n) is 1.29. The molecule has 6 heteroatoms. The van der Waals surface area contributed by atoms with Gasteiger partial charge in [0.15, 0.2) is 0 Å². The van der Waals surface area contributed by atoms with Crippen molar-refractivity contribution in [3.63, 3.8) is 0 Å². The van der Waals surface area contributed by atoms with Crippen LogP contribution in [0.5, 0.6) is 0 Å². The van der Waals surface area contributed by atoms with Crippen LogP contribution in [0.1, 0.15) is 14.5 Å². The minimum absolute atomic E-state index is 0.112. The summed E-state index contributed by atoms with van der Waals surface area (Å²) < 4.78 is 0. The van der Waals surface area contributed by atoms with Gasteiger partial charge in [0, 0.05) is 6.07 Å². The fourth-order valence-corrected chi connectivity index (χ4v) is 1.58. The van der Waals surface area contributed by atoms with Gasteiger partial charge in [-0.25, -0.2) is 0 Å². The van der Waals surface area contributed by atoms with Gasteiger partial charge in [-0.2, -0.15) is 0 Å². The second-order valence-electron chi connectivity index (χ2n) is 2.10. The molecule has 0 N–H and O–H groups in total. The van der Waals surface area contributed by atoms with Crippen LogP contribution in [0.4, 0.5) is 5.69 Å². The van der Waals surface area contributed by atoms with Gasteiger partial charge < -0.3 is 9.90 Å². The van der Waals surface area contributed by atoms with Crippen LogP contribution in [0.15, 0.2) is 6.07 Å². The van der Waals surface area contributed by atoms with Crippen molar-refractivity contribution in [3.05, 3.63) is 25.9 Å². The van der Waals surface area contributed by atoms with Crippen LogP contribution in [-0.2, 0) is 0 Å². The van der Waals surface area contributed by atoms with Gasteiger partial charge in [-0.3, -0.25) is 10.1 Å². The van der Waals surface area contributed by atoms with Crippen LogP contribution in [0.25, 0.3) is 0 Å². The molecule has 12 heavy (non-hydrogen) atoms. The van der Waals surface area contributed by atoms with E-state index >= 15 is 0 Å². The molecule has 0 aromatic carbocycles. The van der Waals surface area contributed by atoms with Crippen molar-refractivity contribution in [2.24, 2.45) is 0 Å². The van der Waals surface area contributed by atoms with E-state index in [1.807, 2.05) is 0 Å². The summed E-state index contributed by atoms with van der Waals surface area (Å²) in [5, 5.41) is 20.5. The van der Waals surface area contributed by atoms with E-state index < -0.39 is 10.9 Å². The summed E-state index contributed by atoms with van der Waals surface area (Å²) in [5.41, 5.74) is -0.167. The summed E-state index contributed by atoms with van der Waals surface area (Å²) in [6, 6.07) is 1.01. The molecule has 0 bridgehead atoms. The highest BCUT2D eigenvalue weighted by atomic mass is 32.1. The molecule has 0 saturated carbocycles. The normalized spacial score (nSPS) is 9.75. The molecule has 0 amide bonds. The monoisotopic (exact) mass is 186 g/mol. The summed E-state index contributed by atoms with van der Waals surface area (Å²) in [5.74, 6) is -1.38. The zero-order valence-electron chi connectivity index (χ0n) is 6.07. The zero-order chi connectivity index (χ0) is 9.30. The van der Waals surface area contributed by atoms with Crippen molar-refractivity contribution in [3.8, 4) is 0 Å². The lowest BCUT2D eigenvalue weighted by atomic mass is 10.4. The molecule has 0 fully saturated rings. The molecule has 0 aliphatic rings. The molecule has 0 radical (unpaired) electrons. The number of carboxylic acids is 1. The number of carbonyl (C=O) groups is 1. The van der Waals surface area contributed by atoms with Crippen LogP contribution in [0.2, 0.25) is 0 Å². The van der Waals surface area contributed by atoms with E-state index in [9.17, 15) is 20.0 Å². The molecule has 64 valence electrons. The van der Waals surface area contributed by atoms with E-state index in [2.05, 4.69) is 0 Å². The van der Waals surface area contributed by atoms with Gasteiger partial charge in [-0.15, -0.1) is 11.3 Å². The SMILES string of the molecule is Cc1sc(C(=O)[O-])cc1[N+](=O)[O-]. The van der Waals surface area contributed by atoms with E-state index in [0.717, 1.165) is 17.4 Å². The molecule has 0 unspecified atom stereocenters. The number of thiophene rings is 1. The highest BCUT2D eigenvalue weighted by Gasteiger charge is 2.15. The fraction of sp³-hybridized carbons (Fsp3) is 0.167. The topological polar surface area (TPSA) is 83.3 Å². The second-order valence-corrected chi connectivity index (χ2v) is 3.35. The first-order valence-electron chi connectivity index (χ1n) is 2.98. The third kappa shape index (κ3) is 1.42. The average molecular weight is 186 g/mol. The Morgan fingerprint density at radius 1 is 1.67 bits per heavy atom. The summed E-state index contributed by atoms with van der Waals surface area (Å²) >= 11 is 0.847. The Kier molecular flexibility index (Phi) is 2.09. The lowest BCUT2D eigenvalue weighted by molar-refractivity contribution is -0.385. The number of hydrogen-bond acceptors (Lipinski definition) is 5. The maximum Gasteiger partial charge on any atom is 0.283 e. The predicted molar refractivity (Wildman–Crippen MR) is 40.0 cm³/mol. The van der Waals surface area contributed by atoms with Gasteiger partial charge in [0.2, 0.25) is 0 Å².